The number of ether oxygens (including phenoxy) is 1. The first-order chi connectivity index (χ1) is 16.8. The van der Waals surface area contributed by atoms with E-state index in [1.54, 1.807) is 6.07 Å². The van der Waals surface area contributed by atoms with Crippen molar-refractivity contribution >= 4 is 11.6 Å². The number of halogens is 3. The van der Waals surface area contributed by atoms with Crippen LogP contribution in [0.1, 0.15) is 47.8 Å². The first kappa shape index (κ1) is 23.4. The van der Waals surface area contributed by atoms with Crippen LogP contribution in [-0.4, -0.2) is 43.9 Å². The summed E-state index contributed by atoms with van der Waals surface area (Å²) in [5, 5.41) is 24.0. The van der Waals surface area contributed by atoms with Gasteiger partial charge in [0, 0.05) is 18.2 Å². The van der Waals surface area contributed by atoms with Crippen LogP contribution in [0.15, 0.2) is 48.8 Å². The summed E-state index contributed by atoms with van der Waals surface area (Å²) in [6.07, 6.45) is 2.64. The van der Waals surface area contributed by atoms with Crippen LogP contribution in [0.2, 0.25) is 0 Å². The van der Waals surface area contributed by atoms with Gasteiger partial charge in [0.25, 0.3) is 5.91 Å². The van der Waals surface area contributed by atoms with E-state index in [9.17, 15) is 28.2 Å². The Kier molecular flexibility index (Phi) is 6.04. The number of carbonyl (C=O) groups excluding carboxylic acids is 1. The maximum atomic E-state index is 14.4. The molecule has 1 amide bonds. The number of carbonyl (C=O) groups is 1. The van der Waals surface area contributed by atoms with Crippen molar-refractivity contribution in [3.63, 3.8) is 0 Å². The summed E-state index contributed by atoms with van der Waals surface area (Å²) < 4.78 is 48.9. The van der Waals surface area contributed by atoms with Gasteiger partial charge in [-0.05, 0) is 49.6 Å². The van der Waals surface area contributed by atoms with Gasteiger partial charge in [-0.2, -0.15) is 0 Å². The lowest BCUT2D eigenvalue weighted by Crippen LogP contribution is -2.54. The molecule has 0 bridgehead atoms. The third kappa shape index (κ3) is 4.18. The Balaban J connectivity index is 1.42. The molecule has 2 aliphatic rings. The van der Waals surface area contributed by atoms with Crippen LogP contribution >= 0.6 is 0 Å². The number of fused-ring (bicyclic) bond motifs is 1. The summed E-state index contributed by atoms with van der Waals surface area (Å²) >= 11 is 0. The SMILES string of the molecule is O=C(Nc1cnccc1C1CC(O)C2(O)CCCC2O1)c1ccc(F)c(-c2c(F)cccc2F)n1. The van der Waals surface area contributed by atoms with Crippen LogP contribution < -0.4 is 5.32 Å². The molecule has 182 valence electrons. The van der Waals surface area contributed by atoms with Gasteiger partial charge in [0.05, 0.1) is 35.8 Å². The number of nitrogens with zero attached hydrogens (tertiary/aromatic N) is 2. The quantitative estimate of drug-likeness (QED) is 0.518. The van der Waals surface area contributed by atoms with E-state index in [4.69, 9.17) is 4.74 Å². The van der Waals surface area contributed by atoms with Crippen molar-refractivity contribution in [2.45, 2.75) is 49.6 Å². The molecule has 1 aromatic carbocycles. The molecule has 3 heterocycles. The van der Waals surface area contributed by atoms with Gasteiger partial charge in [0.1, 0.15) is 34.4 Å². The first-order valence-corrected chi connectivity index (χ1v) is 11.2. The molecule has 2 aromatic heterocycles. The molecule has 0 spiro atoms. The number of amides is 1. The Bertz CT molecular complexity index is 1270. The molecule has 1 aliphatic carbocycles. The van der Waals surface area contributed by atoms with Crippen LogP contribution in [0.5, 0.6) is 0 Å². The van der Waals surface area contributed by atoms with Crippen molar-refractivity contribution in [1.82, 2.24) is 9.97 Å². The number of hydrogen-bond donors (Lipinski definition) is 3. The van der Waals surface area contributed by atoms with E-state index in [1.165, 1.54) is 12.4 Å². The minimum absolute atomic E-state index is 0.116. The lowest BCUT2D eigenvalue weighted by atomic mass is 9.84. The third-order valence-corrected chi connectivity index (χ3v) is 6.67. The highest BCUT2D eigenvalue weighted by Crippen LogP contribution is 2.46. The Labute approximate surface area is 198 Å². The van der Waals surface area contributed by atoms with Crippen LogP contribution in [0, 0.1) is 17.5 Å². The first-order valence-electron chi connectivity index (χ1n) is 11.2. The molecule has 3 aromatic rings. The Morgan fingerprint density at radius 3 is 2.66 bits per heavy atom. The Hall–Kier alpha value is -3.34. The molecule has 0 radical (unpaired) electrons. The van der Waals surface area contributed by atoms with Gasteiger partial charge in [-0.25, -0.2) is 18.2 Å². The normalized spacial score (nSPS) is 25.8. The average Bonchev–Trinajstić information content (AvgIpc) is 3.22. The molecule has 35 heavy (non-hydrogen) atoms. The fraction of sp³-hybridized carbons (Fsp3) is 0.320. The number of nitrogens with one attached hydrogen (secondary N) is 1. The molecule has 10 heteroatoms. The van der Waals surface area contributed by atoms with Crippen LogP contribution in [0.25, 0.3) is 11.3 Å². The second-order valence-electron chi connectivity index (χ2n) is 8.79. The summed E-state index contributed by atoms with van der Waals surface area (Å²) in [7, 11) is 0. The zero-order valence-corrected chi connectivity index (χ0v) is 18.4. The summed E-state index contributed by atoms with van der Waals surface area (Å²) in [5.74, 6) is -3.76. The number of hydrogen-bond acceptors (Lipinski definition) is 6. The number of aliphatic hydroxyl groups is 2. The third-order valence-electron chi connectivity index (χ3n) is 6.67. The van der Waals surface area contributed by atoms with Gasteiger partial charge < -0.3 is 20.3 Å². The number of aliphatic hydroxyl groups excluding tert-OH is 1. The average molecular weight is 485 g/mol. The van der Waals surface area contributed by atoms with Gasteiger partial charge in [-0.15, -0.1) is 0 Å². The van der Waals surface area contributed by atoms with Crippen molar-refractivity contribution in [2.75, 3.05) is 5.32 Å². The van der Waals surface area contributed by atoms with Gasteiger partial charge in [-0.3, -0.25) is 9.78 Å². The van der Waals surface area contributed by atoms with Crippen LogP contribution in [-0.2, 0) is 4.74 Å². The number of benzene rings is 1. The predicted molar refractivity (Wildman–Crippen MR) is 119 cm³/mol. The summed E-state index contributed by atoms with van der Waals surface area (Å²) in [6, 6.07) is 6.72. The molecule has 7 nitrogen and oxygen atoms in total. The molecule has 5 rings (SSSR count). The molecule has 1 aliphatic heterocycles. The summed E-state index contributed by atoms with van der Waals surface area (Å²) in [5.41, 5.74) is -2.06. The summed E-state index contributed by atoms with van der Waals surface area (Å²) in [6.45, 7) is 0. The minimum atomic E-state index is -1.29. The topological polar surface area (TPSA) is 105 Å². The number of rotatable bonds is 4. The standard InChI is InChI=1S/C25H22F3N3O4/c26-14-3-1-4-15(27)22(14)23-16(28)6-7-17(30-23)24(33)31-18-12-29-10-8-13(18)19-11-20(32)25(34)9-2-5-21(25)35-19/h1,3-4,6-8,10,12,19-21,32,34H,2,5,9,11H2,(H,31,33). The van der Waals surface area contributed by atoms with Gasteiger partial charge in [0.15, 0.2) is 0 Å². The van der Waals surface area contributed by atoms with E-state index in [-0.39, 0.29) is 17.8 Å². The molecular weight excluding hydrogens is 463 g/mol. The highest BCUT2D eigenvalue weighted by Gasteiger charge is 2.52. The maximum Gasteiger partial charge on any atom is 0.274 e. The molecule has 2 fully saturated rings. The zero-order valence-electron chi connectivity index (χ0n) is 18.4. The maximum absolute atomic E-state index is 14.4. The van der Waals surface area contributed by atoms with Crippen molar-refractivity contribution < 1.29 is 32.9 Å². The van der Waals surface area contributed by atoms with E-state index in [2.05, 4.69) is 15.3 Å². The van der Waals surface area contributed by atoms with E-state index < -0.39 is 58.5 Å². The van der Waals surface area contributed by atoms with Crippen molar-refractivity contribution in [1.29, 1.82) is 0 Å². The van der Waals surface area contributed by atoms with Crippen LogP contribution in [0.3, 0.4) is 0 Å². The van der Waals surface area contributed by atoms with Gasteiger partial charge in [0.2, 0.25) is 0 Å². The second kappa shape index (κ2) is 9.03. The number of pyridine rings is 2. The molecule has 1 saturated carbocycles. The fourth-order valence-corrected chi connectivity index (χ4v) is 4.85. The fourth-order valence-electron chi connectivity index (χ4n) is 4.85. The molecule has 3 N–H and O–H groups in total. The lowest BCUT2D eigenvalue weighted by molar-refractivity contribution is -0.215. The number of anilines is 1. The van der Waals surface area contributed by atoms with E-state index in [1.807, 2.05) is 0 Å². The van der Waals surface area contributed by atoms with Gasteiger partial charge >= 0.3 is 0 Å². The lowest BCUT2D eigenvalue weighted by Gasteiger charge is -2.43. The van der Waals surface area contributed by atoms with Crippen molar-refractivity contribution in [2.24, 2.45) is 0 Å². The van der Waals surface area contributed by atoms with Crippen molar-refractivity contribution in [3.8, 4) is 11.3 Å². The zero-order chi connectivity index (χ0) is 24.7. The smallest absolute Gasteiger partial charge is 0.274 e. The highest BCUT2D eigenvalue weighted by molar-refractivity contribution is 6.03. The van der Waals surface area contributed by atoms with E-state index in [0.717, 1.165) is 36.8 Å². The second-order valence-corrected chi connectivity index (χ2v) is 8.79. The van der Waals surface area contributed by atoms with Gasteiger partial charge in [-0.1, -0.05) is 6.07 Å². The van der Waals surface area contributed by atoms with E-state index >= 15 is 0 Å². The molecule has 4 atom stereocenters. The van der Waals surface area contributed by atoms with Crippen molar-refractivity contribution in [3.05, 3.63) is 77.5 Å². The largest absolute Gasteiger partial charge is 0.390 e. The predicted octanol–water partition coefficient (Wildman–Crippen LogP) is 3.92. The minimum Gasteiger partial charge on any atom is -0.390 e. The van der Waals surface area contributed by atoms with Crippen LogP contribution in [0.4, 0.5) is 18.9 Å². The number of aromatic nitrogens is 2. The summed E-state index contributed by atoms with van der Waals surface area (Å²) in [4.78, 5) is 20.9. The Morgan fingerprint density at radius 1 is 1.11 bits per heavy atom. The van der Waals surface area contributed by atoms with E-state index in [0.29, 0.717) is 18.4 Å². The molecular formula is C25H22F3N3O4. The monoisotopic (exact) mass is 485 g/mol. The Morgan fingerprint density at radius 2 is 1.89 bits per heavy atom. The highest BCUT2D eigenvalue weighted by atomic mass is 19.1. The molecule has 4 unspecified atom stereocenters. The molecule has 1 saturated heterocycles.